The zero-order valence-corrected chi connectivity index (χ0v) is 39.0. The summed E-state index contributed by atoms with van der Waals surface area (Å²) >= 11 is 0. The quantitative estimate of drug-likeness (QED) is 0.0279. The minimum absolute atomic E-state index is 0.0482. The molecule has 1 saturated carbocycles. The molecule has 2 atom stereocenters. The Balaban J connectivity index is 0. The van der Waals surface area contributed by atoms with Gasteiger partial charge < -0.3 is 31.5 Å². The van der Waals surface area contributed by atoms with E-state index >= 15 is 0 Å². The molecule has 8 heteroatoms. The van der Waals surface area contributed by atoms with Gasteiger partial charge in [-0.05, 0) is 69.8 Å². The van der Waals surface area contributed by atoms with E-state index in [9.17, 15) is 4.79 Å². The predicted octanol–water partition coefficient (Wildman–Crippen LogP) is 13.3. The number of allylic oxidation sites excluding steroid dienone is 2. The highest BCUT2D eigenvalue weighted by Crippen LogP contribution is 2.39. The van der Waals surface area contributed by atoms with Crippen molar-refractivity contribution in [3.63, 3.8) is 0 Å². The summed E-state index contributed by atoms with van der Waals surface area (Å²) in [5.74, 6) is 3.27. The molecule has 1 rings (SSSR count). The zero-order valence-electron chi connectivity index (χ0n) is 39.0. The van der Waals surface area contributed by atoms with E-state index in [0.717, 1.165) is 32.7 Å². The number of hydrogen-bond donors (Lipinski definition) is 4. The smallest absolute Gasteiger partial charge is 0.282 e. The molecule has 1 amide bonds. The van der Waals surface area contributed by atoms with Gasteiger partial charge in [-0.25, -0.2) is 0 Å². The fourth-order valence-corrected chi connectivity index (χ4v) is 7.38. The Labute approximate surface area is 357 Å². The number of nitrogens with one attached hydrogen (secondary N) is 2. The van der Waals surface area contributed by atoms with Crippen LogP contribution in [0.25, 0.3) is 0 Å². The maximum atomic E-state index is 11.1. The van der Waals surface area contributed by atoms with E-state index in [4.69, 9.17) is 28.9 Å². The standard InChI is InChI=1S/C29H56N2O2.C16H33BO.C4H10N2/c1-3-5-7-9-12-16-20-26(19-15-8-6-4-2)29(27-21-22-27)33-24-18-14-11-10-13-17-23-31-28(32)25-30;1-3-5-7-9-10-12-14-16(15-18-17)13-11-8-6-4-2;1-3-6-4(2)5/h26H,3-25,30H2,1-2H3,(H,31,32);16H,3-15H2,1-2H3;6H,2-3,5H2,1H3. The number of nitrogens with two attached hydrogens (primary N) is 2. The third-order valence-electron chi connectivity index (χ3n) is 11.0. The van der Waals surface area contributed by atoms with Crippen LogP contribution in [-0.4, -0.2) is 46.8 Å². The predicted molar refractivity (Wildman–Crippen MR) is 251 cm³/mol. The summed E-state index contributed by atoms with van der Waals surface area (Å²) < 4.78 is 11.3. The summed E-state index contributed by atoms with van der Waals surface area (Å²) in [5.41, 5.74) is 12.0. The van der Waals surface area contributed by atoms with E-state index in [1.165, 1.54) is 205 Å². The molecular weight excluding hydrogens is 703 g/mol. The van der Waals surface area contributed by atoms with Gasteiger partial charge in [0.15, 0.2) is 0 Å². The lowest BCUT2D eigenvalue weighted by molar-refractivity contribution is -0.119. The molecule has 0 bridgehead atoms. The molecule has 1 aliphatic rings. The fourth-order valence-electron chi connectivity index (χ4n) is 7.38. The number of ether oxygens (including phenoxy) is 1. The van der Waals surface area contributed by atoms with E-state index in [2.05, 4.69) is 44.9 Å². The molecule has 0 aromatic rings. The third-order valence-corrected chi connectivity index (χ3v) is 11.0. The Morgan fingerprint density at radius 1 is 0.632 bits per heavy atom. The summed E-state index contributed by atoms with van der Waals surface area (Å²) in [4.78, 5) is 11.1. The molecule has 1 aliphatic carbocycles. The first-order valence-electron chi connectivity index (χ1n) is 24.7. The van der Waals surface area contributed by atoms with Crippen LogP contribution < -0.4 is 22.1 Å². The lowest BCUT2D eigenvalue weighted by Gasteiger charge is -2.22. The Bertz CT molecular complexity index is 881. The Hall–Kier alpha value is -1.67. The molecule has 336 valence electrons. The number of unbranched alkanes of at least 4 members (excludes halogenated alkanes) is 21. The van der Waals surface area contributed by atoms with Crippen LogP contribution >= 0.6 is 0 Å². The van der Waals surface area contributed by atoms with Crippen LogP contribution in [0.2, 0.25) is 0 Å². The van der Waals surface area contributed by atoms with E-state index in [0.29, 0.717) is 17.7 Å². The minimum Gasteiger partial charge on any atom is -0.498 e. The average molecular weight is 803 g/mol. The van der Waals surface area contributed by atoms with E-state index in [1.54, 1.807) is 5.57 Å². The molecule has 7 nitrogen and oxygen atoms in total. The molecule has 0 aromatic heterocycles. The van der Waals surface area contributed by atoms with Crippen molar-refractivity contribution in [2.24, 2.45) is 23.3 Å². The van der Waals surface area contributed by atoms with Gasteiger partial charge in [0, 0.05) is 25.6 Å². The molecule has 0 aliphatic heterocycles. The molecule has 57 heavy (non-hydrogen) atoms. The summed E-state index contributed by atoms with van der Waals surface area (Å²) in [6, 6.07) is 0. The van der Waals surface area contributed by atoms with Crippen LogP contribution in [0.3, 0.4) is 0 Å². The molecule has 2 radical (unpaired) electrons. The van der Waals surface area contributed by atoms with Gasteiger partial charge in [-0.3, -0.25) is 4.79 Å². The Morgan fingerprint density at radius 2 is 1.05 bits per heavy atom. The lowest BCUT2D eigenvalue weighted by Crippen LogP contribution is -2.30. The molecule has 0 aromatic carbocycles. The van der Waals surface area contributed by atoms with Crippen LogP contribution in [-0.2, 0) is 14.2 Å². The topological polar surface area (TPSA) is 112 Å². The average Bonchev–Trinajstić information content (AvgIpc) is 4.05. The van der Waals surface area contributed by atoms with Gasteiger partial charge in [0.25, 0.3) is 8.05 Å². The molecular formula is C49H99BN4O3. The molecule has 0 spiro atoms. The fraction of sp³-hybridized carbons (Fsp3) is 0.898. The first-order valence-corrected chi connectivity index (χ1v) is 24.7. The maximum Gasteiger partial charge on any atom is 0.282 e. The second-order valence-electron chi connectivity index (χ2n) is 16.8. The maximum absolute atomic E-state index is 11.1. The Morgan fingerprint density at radius 3 is 1.46 bits per heavy atom. The van der Waals surface area contributed by atoms with Gasteiger partial charge in [0.1, 0.15) is 0 Å². The number of rotatable bonds is 40. The summed E-state index contributed by atoms with van der Waals surface area (Å²) in [7, 11) is 5.23. The minimum atomic E-state index is -0.0482. The second-order valence-corrected chi connectivity index (χ2v) is 16.8. The first kappa shape index (κ1) is 57.4. The van der Waals surface area contributed by atoms with Crippen LogP contribution in [0, 0.1) is 11.8 Å². The Kier molecular flexibility index (Phi) is 47.4. The molecule has 6 N–H and O–H groups in total. The number of hydrogen-bond acceptors (Lipinski definition) is 6. The van der Waals surface area contributed by atoms with Crippen molar-refractivity contribution < 1.29 is 14.2 Å². The van der Waals surface area contributed by atoms with Gasteiger partial charge in [0.2, 0.25) is 5.91 Å². The highest BCUT2D eigenvalue weighted by Gasteiger charge is 2.25. The van der Waals surface area contributed by atoms with Crippen molar-refractivity contribution in [1.82, 2.24) is 10.6 Å². The highest BCUT2D eigenvalue weighted by atomic mass is 16.5. The van der Waals surface area contributed by atoms with Gasteiger partial charge in [-0.2, -0.15) is 0 Å². The van der Waals surface area contributed by atoms with Crippen molar-refractivity contribution in [2.75, 3.05) is 32.8 Å². The SMILES string of the molecule is C=C(N)NCC.CCCCCCCCC(CCCCCC)C(OCCCCCCCCNC(=O)CN)=C1CC1.[B]OCC(CCCCCC)CCCCCCCC. The van der Waals surface area contributed by atoms with Crippen LogP contribution in [0.4, 0.5) is 0 Å². The largest absolute Gasteiger partial charge is 0.498 e. The van der Waals surface area contributed by atoms with Gasteiger partial charge >= 0.3 is 0 Å². The first-order chi connectivity index (χ1) is 27.8. The highest BCUT2D eigenvalue weighted by molar-refractivity contribution is 5.97. The summed E-state index contributed by atoms with van der Waals surface area (Å²) in [5, 5.41) is 5.63. The third kappa shape index (κ3) is 43.7. The van der Waals surface area contributed by atoms with Crippen molar-refractivity contribution >= 4 is 14.0 Å². The number of carbonyl (C=O) groups is 1. The molecule has 1 fully saturated rings. The van der Waals surface area contributed by atoms with Crippen LogP contribution in [0.5, 0.6) is 0 Å². The van der Waals surface area contributed by atoms with E-state index in [-0.39, 0.29) is 12.5 Å². The number of amides is 1. The lowest BCUT2D eigenvalue weighted by atomic mass is 9.92. The monoisotopic (exact) mass is 803 g/mol. The van der Waals surface area contributed by atoms with Crippen LogP contribution in [0.15, 0.2) is 23.7 Å². The second kappa shape index (κ2) is 47.0. The number of carbonyl (C=O) groups excluding carboxylic acids is 1. The van der Waals surface area contributed by atoms with Gasteiger partial charge in [-0.15, -0.1) is 0 Å². The molecule has 2 unspecified atom stereocenters. The molecule has 0 heterocycles. The van der Waals surface area contributed by atoms with Crippen LogP contribution in [0.1, 0.15) is 240 Å². The van der Waals surface area contributed by atoms with Crippen molar-refractivity contribution in [1.29, 1.82) is 0 Å². The summed E-state index contributed by atoms with van der Waals surface area (Å²) in [6.45, 7) is 17.9. The van der Waals surface area contributed by atoms with E-state index < -0.39 is 0 Å². The zero-order chi connectivity index (χ0) is 42.5. The van der Waals surface area contributed by atoms with Crippen molar-refractivity contribution in [3.05, 3.63) is 23.7 Å². The van der Waals surface area contributed by atoms with Gasteiger partial charge in [-0.1, -0.05) is 188 Å². The normalized spacial score (nSPS) is 12.8. The van der Waals surface area contributed by atoms with Crippen molar-refractivity contribution in [3.8, 4) is 0 Å². The van der Waals surface area contributed by atoms with Gasteiger partial charge in [0.05, 0.1) is 24.7 Å². The van der Waals surface area contributed by atoms with E-state index in [1.807, 2.05) is 6.92 Å². The van der Waals surface area contributed by atoms with Crippen molar-refractivity contribution in [2.45, 2.75) is 240 Å². The molecule has 0 saturated heterocycles. The summed E-state index contributed by atoms with van der Waals surface area (Å²) in [6.07, 6.45) is 42.4.